The summed E-state index contributed by atoms with van der Waals surface area (Å²) in [6, 6.07) is 11.6. The van der Waals surface area contributed by atoms with E-state index < -0.39 is 0 Å². The Labute approximate surface area is 140 Å². The van der Waals surface area contributed by atoms with Gasteiger partial charge in [0.15, 0.2) is 0 Å². The van der Waals surface area contributed by atoms with Gasteiger partial charge >= 0.3 is 0 Å². The zero-order chi connectivity index (χ0) is 17.1. The smallest absolute Gasteiger partial charge is 0.251 e. The topological polar surface area (TPSA) is 49.4 Å². The SMILES string of the molecule is CCC(=O)N1CCc2ccc(C(=O)NCc3cccc(F)c3)cc21. The van der Waals surface area contributed by atoms with Gasteiger partial charge in [-0.25, -0.2) is 4.39 Å². The lowest BCUT2D eigenvalue weighted by atomic mass is 10.1. The standard InChI is InChI=1S/C19H19FN2O2/c1-2-18(23)22-9-8-14-6-7-15(11-17(14)22)19(24)21-12-13-4-3-5-16(20)10-13/h3-7,10-11H,2,8-9,12H2,1H3,(H,21,24). The summed E-state index contributed by atoms with van der Waals surface area (Å²) in [6.07, 6.45) is 1.25. The molecule has 2 aromatic rings. The first-order valence-corrected chi connectivity index (χ1v) is 8.04. The van der Waals surface area contributed by atoms with Crippen LogP contribution in [0.3, 0.4) is 0 Å². The molecule has 2 amide bonds. The summed E-state index contributed by atoms with van der Waals surface area (Å²) in [5, 5.41) is 2.78. The third kappa shape index (κ3) is 3.30. The first-order chi connectivity index (χ1) is 11.6. The van der Waals surface area contributed by atoms with Crippen LogP contribution in [0, 0.1) is 5.82 Å². The molecule has 0 saturated heterocycles. The molecule has 0 bridgehead atoms. The second kappa shape index (κ2) is 6.83. The second-order valence-electron chi connectivity index (χ2n) is 5.81. The molecule has 1 N–H and O–H groups in total. The van der Waals surface area contributed by atoms with Crippen molar-refractivity contribution in [2.45, 2.75) is 26.3 Å². The Bertz CT molecular complexity index is 789. The van der Waals surface area contributed by atoms with Gasteiger partial charge in [-0.1, -0.05) is 25.1 Å². The van der Waals surface area contributed by atoms with Crippen molar-refractivity contribution >= 4 is 17.5 Å². The van der Waals surface area contributed by atoms with Crippen LogP contribution in [0.15, 0.2) is 42.5 Å². The van der Waals surface area contributed by atoms with Crippen LogP contribution in [0.1, 0.15) is 34.8 Å². The van der Waals surface area contributed by atoms with Gasteiger partial charge in [0, 0.05) is 30.8 Å². The van der Waals surface area contributed by atoms with Crippen LogP contribution in [0.4, 0.5) is 10.1 Å². The zero-order valence-corrected chi connectivity index (χ0v) is 13.5. The maximum atomic E-state index is 13.2. The Kier molecular flexibility index (Phi) is 4.60. The van der Waals surface area contributed by atoms with Crippen molar-refractivity contribution in [3.63, 3.8) is 0 Å². The van der Waals surface area contributed by atoms with E-state index in [2.05, 4.69) is 5.32 Å². The second-order valence-corrected chi connectivity index (χ2v) is 5.81. The average Bonchev–Trinajstić information content (AvgIpc) is 3.02. The molecule has 0 fully saturated rings. The summed E-state index contributed by atoms with van der Waals surface area (Å²) in [7, 11) is 0. The molecule has 0 spiro atoms. The maximum absolute atomic E-state index is 13.2. The number of hydrogen-bond acceptors (Lipinski definition) is 2. The molecule has 0 aliphatic carbocycles. The Balaban J connectivity index is 1.73. The highest BCUT2D eigenvalue weighted by Crippen LogP contribution is 2.29. The normalized spacial score (nSPS) is 12.8. The van der Waals surface area contributed by atoms with E-state index >= 15 is 0 Å². The van der Waals surface area contributed by atoms with Crippen molar-refractivity contribution in [3.05, 3.63) is 65.0 Å². The zero-order valence-electron chi connectivity index (χ0n) is 13.5. The molecule has 1 aliphatic heterocycles. The van der Waals surface area contributed by atoms with Gasteiger partial charge in [-0.2, -0.15) is 0 Å². The minimum Gasteiger partial charge on any atom is -0.348 e. The number of nitrogens with one attached hydrogen (secondary N) is 1. The summed E-state index contributed by atoms with van der Waals surface area (Å²) < 4.78 is 13.2. The third-order valence-corrected chi connectivity index (χ3v) is 4.19. The molecule has 1 heterocycles. The predicted octanol–water partition coefficient (Wildman–Crippen LogP) is 3.05. The van der Waals surface area contributed by atoms with Crippen molar-refractivity contribution in [2.75, 3.05) is 11.4 Å². The molecular weight excluding hydrogens is 307 g/mol. The van der Waals surface area contributed by atoms with Gasteiger partial charge in [0.1, 0.15) is 5.82 Å². The molecule has 24 heavy (non-hydrogen) atoms. The molecule has 0 atom stereocenters. The molecule has 0 unspecified atom stereocenters. The van der Waals surface area contributed by atoms with Crippen molar-refractivity contribution < 1.29 is 14.0 Å². The highest BCUT2D eigenvalue weighted by Gasteiger charge is 2.24. The highest BCUT2D eigenvalue weighted by atomic mass is 19.1. The fourth-order valence-corrected chi connectivity index (χ4v) is 2.90. The van der Waals surface area contributed by atoms with E-state index in [1.54, 1.807) is 29.2 Å². The minimum atomic E-state index is -0.326. The van der Waals surface area contributed by atoms with Crippen LogP contribution in [-0.4, -0.2) is 18.4 Å². The lowest BCUT2D eigenvalue weighted by Crippen LogP contribution is -2.28. The van der Waals surface area contributed by atoms with Crippen LogP contribution < -0.4 is 10.2 Å². The Morgan fingerprint density at radius 2 is 2.04 bits per heavy atom. The quantitative estimate of drug-likeness (QED) is 0.939. The van der Waals surface area contributed by atoms with Gasteiger partial charge in [-0.3, -0.25) is 9.59 Å². The third-order valence-electron chi connectivity index (χ3n) is 4.19. The van der Waals surface area contributed by atoms with Crippen LogP contribution in [0.5, 0.6) is 0 Å². The lowest BCUT2D eigenvalue weighted by molar-refractivity contribution is -0.118. The summed E-state index contributed by atoms with van der Waals surface area (Å²) >= 11 is 0. The molecule has 0 aromatic heterocycles. The summed E-state index contributed by atoms with van der Waals surface area (Å²) in [5.74, 6) is -0.503. The summed E-state index contributed by atoms with van der Waals surface area (Å²) in [4.78, 5) is 26.1. The Morgan fingerprint density at radius 3 is 2.79 bits per heavy atom. The predicted molar refractivity (Wildman–Crippen MR) is 90.4 cm³/mol. The number of amides is 2. The van der Waals surface area contributed by atoms with E-state index in [-0.39, 0.29) is 24.2 Å². The van der Waals surface area contributed by atoms with E-state index in [4.69, 9.17) is 0 Å². The van der Waals surface area contributed by atoms with Gasteiger partial charge < -0.3 is 10.2 Å². The first-order valence-electron chi connectivity index (χ1n) is 8.04. The van der Waals surface area contributed by atoms with Crippen LogP contribution in [0.25, 0.3) is 0 Å². The fraction of sp³-hybridized carbons (Fsp3) is 0.263. The van der Waals surface area contributed by atoms with Gasteiger partial charge in [0.2, 0.25) is 5.91 Å². The van der Waals surface area contributed by atoms with Gasteiger partial charge in [-0.05, 0) is 41.8 Å². The number of carbonyl (C=O) groups is 2. The molecular formula is C19H19FN2O2. The molecule has 4 nitrogen and oxygen atoms in total. The van der Waals surface area contributed by atoms with Crippen LogP contribution in [0.2, 0.25) is 0 Å². The van der Waals surface area contributed by atoms with Gasteiger partial charge in [-0.15, -0.1) is 0 Å². The molecule has 3 rings (SSSR count). The van der Waals surface area contributed by atoms with Gasteiger partial charge in [0.25, 0.3) is 5.91 Å². The molecule has 124 valence electrons. The lowest BCUT2D eigenvalue weighted by Gasteiger charge is -2.17. The molecule has 5 heteroatoms. The molecule has 0 radical (unpaired) electrons. The van der Waals surface area contributed by atoms with E-state index in [0.717, 1.165) is 17.7 Å². The maximum Gasteiger partial charge on any atom is 0.251 e. The highest BCUT2D eigenvalue weighted by molar-refractivity contribution is 5.99. The molecule has 1 aliphatic rings. The number of anilines is 1. The first kappa shape index (κ1) is 16.2. The fourth-order valence-electron chi connectivity index (χ4n) is 2.90. The minimum absolute atomic E-state index is 0.0612. The Morgan fingerprint density at radius 1 is 1.21 bits per heavy atom. The summed E-state index contributed by atoms with van der Waals surface area (Å²) in [6.45, 7) is 2.75. The average molecular weight is 326 g/mol. The van der Waals surface area contributed by atoms with Crippen molar-refractivity contribution in [1.82, 2.24) is 5.32 Å². The number of benzene rings is 2. The summed E-state index contributed by atoms with van der Waals surface area (Å²) in [5.41, 5.74) is 3.10. The van der Waals surface area contributed by atoms with Crippen molar-refractivity contribution in [3.8, 4) is 0 Å². The number of halogens is 1. The van der Waals surface area contributed by atoms with E-state index in [1.165, 1.54) is 12.1 Å². The van der Waals surface area contributed by atoms with E-state index in [0.29, 0.717) is 24.1 Å². The number of carbonyl (C=O) groups excluding carboxylic acids is 2. The number of hydrogen-bond donors (Lipinski definition) is 1. The number of fused-ring (bicyclic) bond motifs is 1. The van der Waals surface area contributed by atoms with Crippen molar-refractivity contribution in [1.29, 1.82) is 0 Å². The van der Waals surface area contributed by atoms with Crippen LogP contribution >= 0.6 is 0 Å². The van der Waals surface area contributed by atoms with E-state index in [1.807, 2.05) is 13.0 Å². The van der Waals surface area contributed by atoms with Crippen molar-refractivity contribution in [2.24, 2.45) is 0 Å². The number of nitrogens with zero attached hydrogens (tertiary/aromatic N) is 1. The van der Waals surface area contributed by atoms with E-state index in [9.17, 15) is 14.0 Å². The Hall–Kier alpha value is -2.69. The van der Waals surface area contributed by atoms with Crippen LogP contribution in [-0.2, 0) is 17.8 Å². The largest absolute Gasteiger partial charge is 0.348 e. The molecule has 2 aromatic carbocycles. The number of rotatable bonds is 4. The van der Waals surface area contributed by atoms with Gasteiger partial charge in [0.05, 0.1) is 0 Å². The molecule has 0 saturated carbocycles. The monoisotopic (exact) mass is 326 g/mol.